The highest BCUT2D eigenvalue weighted by Gasteiger charge is 2.09. The molecular weight excluding hydrogens is 236 g/mol. The Morgan fingerprint density at radius 3 is 1.37 bits per heavy atom. The number of ketones is 2. The maximum atomic E-state index is 11.8. The SMILES string of the molecule is O=C(c1ccccc1)c1ccccc1.O=C1CCC1. The maximum Gasteiger partial charge on any atom is 0.193 e. The molecule has 1 aliphatic rings. The van der Waals surface area contributed by atoms with Gasteiger partial charge in [0.2, 0.25) is 0 Å². The summed E-state index contributed by atoms with van der Waals surface area (Å²) >= 11 is 0. The van der Waals surface area contributed by atoms with Crippen molar-refractivity contribution in [2.24, 2.45) is 0 Å². The van der Waals surface area contributed by atoms with Crippen LogP contribution in [0.3, 0.4) is 0 Å². The van der Waals surface area contributed by atoms with E-state index in [2.05, 4.69) is 0 Å². The van der Waals surface area contributed by atoms with E-state index in [1.165, 1.54) is 0 Å². The molecule has 0 saturated heterocycles. The highest BCUT2D eigenvalue weighted by Crippen LogP contribution is 2.10. The van der Waals surface area contributed by atoms with Crippen LogP contribution in [0.5, 0.6) is 0 Å². The van der Waals surface area contributed by atoms with E-state index in [1.54, 1.807) is 0 Å². The molecule has 0 bridgehead atoms. The molecule has 2 nitrogen and oxygen atoms in total. The van der Waals surface area contributed by atoms with E-state index in [1.807, 2.05) is 60.7 Å². The average Bonchev–Trinajstić information content (AvgIpc) is 2.47. The number of carbonyl (C=O) groups excluding carboxylic acids is 2. The van der Waals surface area contributed by atoms with Crippen molar-refractivity contribution in [2.75, 3.05) is 0 Å². The molecule has 0 unspecified atom stereocenters. The van der Waals surface area contributed by atoms with E-state index in [9.17, 15) is 9.59 Å². The largest absolute Gasteiger partial charge is 0.300 e. The van der Waals surface area contributed by atoms with E-state index in [0.717, 1.165) is 30.4 Å². The minimum atomic E-state index is 0.0752. The predicted molar refractivity (Wildman–Crippen MR) is 75.2 cm³/mol. The molecule has 1 saturated carbocycles. The smallest absolute Gasteiger partial charge is 0.193 e. The molecule has 19 heavy (non-hydrogen) atoms. The molecular formula is C17H16O2. The number of carbonyl (C=O) groups is 2. The molecule has 0 N–H and O–H groups in total. The summed E-state index contributed by atoms with van der Waals surface area (Å²) in [6, 6.07) is 18.6. The third kappa shape index (κ3) is 3.88. The fourth-order valence-corrected chi connectivity index (χ4v) is 1.67. The minimum absolute atomic E-state index is 0.0752. The van der Waals surface area contributed by atoms with Crippen molar-refractivity contribution in [1.82, 2.24) is 0 Å². The Bertz CT molecular complexity index is 496. The summed E-state index contributed by atoms with van der Waals surface area (Å²) in [5.41, 5.74) is 1.47. The summed E-state index contributed by atoms with van der Waals surface area (Å²) in [6.07, 6.45) is 2.83. The number of Topliss-reactive ketones (excluding diaryl/α,β-unsaturated/α-hetero) is 1. The monoisotopic (exact) mass is 252 g/mol. The second-order valence-corrected chi connectivity index (χ2v) is 4.45. The lowest BCUT2D eigenvalue weighted by molar-refractivity contribution is -0.123. The van der Waals surface area contributed by atoms with Gasteiger partial charge in [0.1, 0.15) is 5.78 Å². The van der Waals surface area contributed by atoms with Crippen molar-refractivity contribution in [3.05, 3.63) is 71.8 Å². The Balaban J connectivity index is 0.000000224. The fourth-order valence-electron chi connectivity index (χ4n) is 1.67. The molecule has 0 aromatic heterocycles. The topological polar surface area (TPSA) is 34.1 Å². The Hall–Kier alpha value is -2.22. The summed E-state index contributed by atoms with van der Waals surface area (Å²) < 4.78 is 0. The molecule has 96 valence electrons. The normalized spacial score (nSPS) is 12.9. The fraction of sp³-hybridized carbons (Fsp3) is 0.176. The van der Waals surface area contributed by atoms with Gasteiger partial charge in [0.15, 0.2) is 5.78 Å². The van der Waals surface area contributed by atoms with Crippen LogP contribution in [0.1, 0.15) is 35.2 Å². The average molecular weight is 252 g/mol. The predicted octanol–water partition coefficient (Wildman–Crippen LogP) is 3.66. The zero-order valence-electron chi connectivity index (χ0n) is 10.7. The van der Waals surface area contributed by atoms with Crippen molar-refractivity contribution in [1.29, 1.82) is 0 Å². The lowest BCUT2D eigenvalue weighted by Gasteiger charge is -2.05. The van der Waals surface area contributed by atoms with Crippen molar-refractivity contribution in [3.63, 3.8) is 0 Å². The molecule has 0 amide bonds. The van der Waals surface area contributed by atoms with Crippen LogP contribution in [-0.2, 0) is 4.79 Å². The first kappa shape index (κ1) is 13.2. The number of hydrogen-bond acceptors (Lipinski definition) is 2. The second kappa shape index (κ2) is 6.64. The van der Waals surface area contributed by atoms with Crippen LogP contribution in [0.25, 0.3) is 0 Å². The lowest BCUT2D eigenvalue weighted by Crippen LogP contribution is -2.07. The van der Waals surface area contributed by atoms with Gasteiger partial charge in [0.05, 0.1) is 0 Å². The second-order valence-electron chi connectivity index (χ2n) is 4.45. The Kier molecular flexibility index (Phi) is 4.62. The summed E-state index contributed by atoms with van der Waals surface area (Å²) in [5, 5.41) is 0. The molecule has 3 rings (SSSR count). The van der Waals surface area contributed by atoms with Crippen LogP contribution in [0.2, 0.25) is 0 Å². The van der Waals surface area contributed by atoms with E-state index in [0.29, 0.717) is 5.78 Å². The van der Waals surface area contributed by atoms with E-state index < -0.39 is 0 Å². The molecule has 0 atom stereocenters. The lowest BCUT2D eigenvalue weighted by atomic mass is 9.99. The molecule has 1 aliphatic carbocycles. The van der Waals surface area contributed by atoms with Gasteiger partial charge in [0.25, 0.3) is 0 Å². The molecule has 2 aromatic carbocycles. The van der Waals surface area contributed by atoms with Gasteiger partial charge in [-0.05, 0) is 6.42 Å². The van der Waals surface area contributed by atoms with Gasteiger partial charge in [-0.3, -0.25) is 9.59 Å². The number of benzene rings is 2. The van der Waals surface area contributed by atoms with E-state index in [-0.39, 0.29) is 5.78 Å². The zero-order valence-corrected chi connectivity index (χ0v) is 10.7. The Morgan fingerprint density at radius 2 is 1.11 bits per heavy atom. The standard InChI is InChI=1S/C13H10O.C4H6O/c14-13(11-7-3-1-4-8-11)12-9-5-2-6-10-12;5-4-2-1-3-4/h1-10H;1-3H2. The zero-order chi connectivity index (χ0) is 13.5. The highest BCUT2D eigenvalue weighted by molar-refractivity contribution is 6.08. The molecule has 2 aromatic rings. The van der Waals surface area contributed by atoms with Gasteiger partial charge in [0, 0.05) is 24.0 Å². The maximum absolute atomic E-state index is 11.8. The first-order chi connectivity index (χ1) is 9.27. The summed E-state index contributed by atoms with van der Waals surface area (Å²) in [4.78, 5) is 21.7. The van der Waals surface area contributed by atoms with Gasteiger partial charge in [-0.25, -0.2) is 0 Å². The van der Waals surface area contributed by atoms with Crippen LogP contribution in [0.15, 0.2) is 60.7 Å². The third-order valence-electron chi connectivity index (χ3n) is 2.98. The first-order valence-electron chi connectivity index (χ1n) is 6.44. The van der Waals surface area contributed by atoms with Gasteiger partial charge >= 0.3 is 0 Å². The van der Waals surface area contributed by atoms with Gasteiger partial charge in [-0.15, -0.1) is 0 Å². The third-order valence-corrected chi connectivity index (χ3v) is 2.98. The van der Waals surface area contributed by atoms with Crippen molar-refractivity contribution in [2.45, 2.75) is 19.3 Å². The minimum Gasteiger partial charge on any atom is -0.300 e. The first-order valence-corrected chi connectivity index (χ1v) is 6.44. The van der Waals surface area contributed by atoms with Crippen LogP contribution >= 0.6 is 0 Å². The van der Waals surface area contributed by atoms with Crippen LogP contribution in [-0.4, -0.2) is 11.6 Å². The molecule has 0 heterocycles. The highest BCUT2D eigenvalue weighted by atomic mass is 16.1. The molecule has 0 radical (unpaired) electrons. The summed E-state index contributed by atoms with van der Waals surface area (Å²) in [7, 11) is 0. The van der Waals surface area contributed by atoms with Gasteiger partial charge in [-0.1, -0.05) is 60.7 Å². The van der Waals surface area contributed by atoms with Crippen LogP contribution in [0, 0.1) is 0 Å². The van der Waals surface area contributed by atoms with Crippen LogP contribution in [0.4, 0.5) is 0 Å². The Morgan fingerprint density at radius 1 is 0.737 bits per heavy atom. The number of hydrogen-bond donors (Lipinski definition) is 0. The quantitative estimate of drug-likeness (QED) is 0.764. The van der Waals surface area contributed by atoms with Gasteiger partial charge in [-0.2, -0.15) is 0 Å². The van der Waals surface area contributed by atoms with E-state index >= 15 is 0 Å². The molecule has 2 heteroatoms. The van der Waals surface area contributed by atoms with Crippen LogP contribution < -0.4 is 0 Å². The van der Waals surface area contributed by atoms with Crippen molar-refractivity contribution < 1.29 is 9.59 Å². The Labute approximate surface area is 113 Å². The van der Waals surface area contributed by atoms with E-state index in [4.69, 9.17) is 0 Å². The molecule has 1 fully saturated rings. The summed E-state index contributed by atoms with van der Waals surface area (Å²) in [6.45, 7) is 0. The number of rotatable bonds is 2. The van der Waals surface area contributed by atoms with Crippen molar-refractivity contribution in [3.8, 4) is 0 Å². The molecule has 0 spiro atoms. The van der Waals surface area contributed by atoms with Crippen molar-refractivity contribution >= 4 is 11.6 Å². The van der Waals surface area contributed by atoms with Gasteiger partial charge < -0.3 is 0 Å². The summed E-state index contributed by atoms with van der Waals surface area (Å²) in [5.74, 6) is 0.510. The molecule has 0 aliphatic heterocycles.